The normalized spacial score (nSPS) is 14.6. The van der Waals surface area contributed by atoms with Crippen molar-refractivity contribution in [2.24, 2.45) is 0 Å². The van der Waals surface area contributed by atoms with E-state index in [4.69, 9.17) is 0 Å². The van der Waals surface area contributed by atoms with Gasteiger partial charge >= 0.3 is 0 Å². The molecule has 0 aliphatic carbocycles. The fraction of sp³-hybridized carbons (Fsp3) is 0.111. The van der Waals surface area contributed by atoms with Crippen molar-refractivity contribution in [1.82, 2.24) is 4.90 Å². The van der Waals surface area contributed by atoms with Crippen molar-refractivity contribution in [3.8, 4) is 0 Å². The summed E-state index contributed by atoms with van der Waals surface area (Å²) in [6.45, 7) is 5.67. The molecule has 1 unspecified atom stereocenters. The van der Waals surface area contributed by atoms with Crippen LogP contribution in [0.15, 0.2) is 59.6 Å². The molecule has 2 amide bonds. The fourth-order valence-corrected chi connectivity index (χ4v) is 3.04. The molecule has 1 heterocycles. The number of hydrogen-bond acceptors (Lipinski definition) is 2. The minimum absolute atomic E-state index is 0.192. The van der Waals surface area contributed by atoms with Crippen molar-refractivity contribution in [2.75, 3.05) is 5.32 Å². The first-order chi connectivity index (χ1) is 11.0. The topological polar surface area (TPSA) is 49.4 Å². The van der Waals surface area contributed by atoms with Crippen LogP contribution in [0.25, 0.3) is 5.70 Å². The molecule has 0 saturated heterocycles. The van der Waals surface area contributed by atoms with Gasteiger partial charge in [0.25, 0.3) is 5.91 Å². The first kappa shape index (κ1) is 15.5. The first-order valence-electron chi connectivity index (χ1n) is 7.17. The summed E-state index contributed by atoms with van der Waals surface area (Å²) in [5.74, 6) is -0.451. The molecule has 116 valence electrons. The Morgan fingerprint density at radius 1 is 1.17 bits per heavy atom. The van der Waals surface area contributed by atoms with E-state index in [9.17, 15) is 9.59 Å². The lowest BCUT2D eigenvalue weighted by Crippen LogP contribution is -2.41. The van der Waals surface area contributed by atoms with Gasteiger partial charge < -0.3 is 5.32 Å². The maximum absolute atomic E-state index is 12.5. The molecule has 1 aliphatic heterocycles. The van der Waals surface area contributed by atoms with Gasteiger partial charge in [-0.25, -0.2) is 0 Å². The van der Waals surface area contributed by atoms with Crippen LogP contribution in [0.1, 0.15) is 22.8 Å². The van der Waals surface area contributed by atoms with E-state index in [0.717, 1.165) is 10.0 Å². The van der Waals surface area contributed by atoms with E-state index in [1.54, 1.807) is 31.2 Å². The number of rotatable bonds is 3. The lowest BCUT2D eigenvalue weighted by molar-refractivity contribution is -0.119. The summed E-state index contributed by atoms with van der Waals surface area (Å²) in [6, 6.07) is 13.9. The number of carbonyl (C=O) groups is 2. The predicted octanol–water partition coefficient (Wildman–Crippen LogP) is 3.90. The third-order valence-electron chi connectivity index (χ3n) is 3.84. The van der Waals surface area contributed by atoms with Crippen molar-refractivity contribution >= 4 is 39.1 Å². The number of fused-ring (bicyclic) bond motifs is 1. The molecule has 1 aliphatic rings. The Hall–Kier alpha value is -2.40. The second kappa shape index (κ2) is 6.01. The van der Waals surface area contributed by atoms with Crippen molar-refractivity contribution in [3.05, 3.63) is 70.7 Å². The highest BCUT2D eigenvalue weighted by Crippen LogP contribution is 2.33. The second-order valence-corrected chi connectivity index (χ2v) is 6.26. The second-order valence-electron chi connectivity index (χ2n) is 5.34. The number of benzene rings is 2. The largest absolute Gasteiger partial charge is 0.324 e. The highest BCUT2D eigenvalue weighted by molar-refractivity contribution is 9.10. The molecule has 5 heteroatoms. The molecule has 23 heavy (non-hydrogen) atoms. The van der Waals surface area contributed by atoms with Gasteiger partial charge in [-0.05, 0) is 31.2 Å². The maximum Gasteiger partial charge on any atom is 0.259 e. The quantitative estimate of drug-likeness (QED) is 0.890. The van der Waals surface area contributed by atoms with Crippen LogP contribution in [0.3, 0.4) is 0 Å². The van der Waals surface area contributed by atoms with E-state index in [0.29, 0.717) is 16.9 Å². The van der Waals surface area contributed by atoms with Crippen LogP contribution in [-0.4, -0.2) is 22.8 Å². The number of carbonyl (C=O) groups excluding carboxylic acids is 2. The molecule has 3 rings (SSSR count). The zero-order valence-corrected chi connectivity index (χ0v) is 14.1. The molecular formula is C18H15BrN2O2. The van der Waals surface area contributed by atoms with E-state index in [1.807, 2.05) is 24.3 Å². The Labute approximate surface area is 142 Å². The molecule has 1 N–H and O–H groups in total. The van der Waals surface area contributed by atoms with Crippen LogP contribution < -0.4 is 5.32 Å². The minimum Gasteiger partial charge on any atom is -0.324 e. The molecule has 0 aromatic heterocycles. The maximum atomic E-state index is 12.5. The number of nitrogens with one attached hydrogen (secondary N) is 1. The zero-order valence-electron chi connectivity index (χ0n) is 12.5. The van der Waals surface area contributed by atoms with Crippen molar-refractivity contribution in [2.45, 2.75) is 13.0 Å². The molecule has 4 nitrogen and oxygen atoms in total. The molecule has 1 atom stereocenters. The van der Waals surface area contributed by atoms with Gasteiger partial charge in [0.05, 0.1) is 0 Å². The van der Waals surface area contributed by atoms with Crippen molar-refractivity contribution < 1.29 is 9.59 Å². The third kappa shape index (κ3) is 2.80. The summed E-state index contributed by atoms with van der Waals surface area (Å²) in [4.78, 5) is 26.5. The summed E-state index contributed by atoms with van der Waals surface area (Å²) in [6.07, 6.45) is 0. The zero-order chi connectivity index (χ0) is 16.6. The van der Waals surface area contributed by atoms with Gasteiger partial charge in [0.15, 0.2) is 0 Å². The van der Waals surface area contributed by atoms with Crippen LogP contribution in [0.4, 0.5) is 5.69 Å². The first-order valence-corrected chi connectivity index (χ1v) is 7.96. The highest BCUT2D eigenvalue weighted by atomic mass is 79.9. The Balaban J connectivity index is 1.81. The molecule has 0 radical (unpaired) electrons. The smallest absolute Gasteiger partial charge is 0.259 e. The lowest BCUT2D eigenvalue weighted by atomic mass is 10.1. The SMILES string of the molecule is C=C1c2ccccc2C(=O)N1C(C)C(=O)Nc1cccc(Br)c1. The van der Waals surface area contributed by atoms with Crippen LogP contribution in [-0.2, 0) is 4.79 Å². The molecule has 2 aromatic rings. The van der Waals surface area contributed by atoms with Gasteiger partial charge in [0.2, 0.25) is 5.91 Å². The van der Waals surface area contributed by atoms with E-state index >= 15 is 0 Å². The Morgan fingerprint density at radius 2 is 1.87 bits per heavy atom. The van der Waals surface area contributed by atoms with Gasteiger partial charge in [-0.1, -0.05) is 46.8 Å². The average Bonchev–Trinajstić information content (AvgIpc) is 2.79. The predicted molar refractivity (Wildman–Crippen MR) is 93.9 cm³/mol. The van der Waals surface area contributed by atoms with Gasteiger partial charge in [0.1, 0.15) is 6.04 Å². The number of nitrogens with zero attached hydrogens (tertiary/aromatic N) is 1. The Morgan fingerprint density at radius 3 is 2.52 bits per heavy atom. The fourth-order valence-electron chi connectivity index (χ4n) is 2.64. The van der Waals surface area contributed by atoms with Gasteiger partial charge in [-0.15, -0.1) is 0 Å². The van der Waals surface area contributed by atoms with E-state index in [2.05, 4.69) is 27.8 Å². The summed E-state index contributed by atoms with van der Waals surface area (Å²) >= 11 is 3.36. The molecule has 0 saturated carbocycles. The third-order valence-corrected chi connectivity index (χ3v) is 4.33. The Bertz CT molecular complexity index is 781. The molecule has 2 aromatic carbocycles. The number of anilines is 1. The monoisotopic (exact) mass is 370 g/mol. The summed E-state index contributed by atoms with van der Waals surface area (Å²) in [5.41, 5.74) is 2.59. The van der Waals surface area contributed by atoms with Crippen LogP contribution in [0.5, 0.6) is 0 Å². The van der Waals surface area contributed by atoms with Crippen molar-refractivity contribution in [3.63, 3.8) is 0 Å². The molecule has 0 bridgehead atoms. The van der Waals surface area contributed by atoms with Crippen LogP contribution >= 0.6 is 15.9 Å². The minimum atomic E-state index is -0.651. The Kier molecular flexibility index (Phi) is 4.05. The van der Waals surface area contributed by atoms with E-state index in [-0.39, 0.29) is 11.8 Å². The van der Waals surface area contributed by atoms with Gasteiger partial charge in [0, 0.05) is 27.0 Å². The number of hydrogen-bond donors (Lipinski definition) is 1. The van der Waals surface area contributed by atoms with E-state index < -0.39 is 6.04 Å². The van der Waals surface area contributed by atoms with Crippen LogP contribution in [0.2, 0.25) is 0 Å². The highest BCUT2D eigenvalue weighted by Gasteiger charge is 2.36. The average molecular weight is 371 g/mol. The van der Waals surface area contributed by atoms with Crippen molar-refractivity contribution in [1.29, 1.82) is 0 Å². The standard InChI is InChI=1S/C18H15BrN2O2/c1-11-15-8-3-4-9-16(15)18(23)21(11)12(2)17(22)20-14-7-5-6-13(19)10-14/h3-10,12H,1H2,2H3,(H,20,22). The number of amides is 2. The molecule has 0 fully saturated rings. The van der Waals surface area contributed by atoms with Gasteiger partial charge in [-0.3, -0.25) is 14.5 Å². The summed E-state index contributed by atoms with van der Waals surface area (Å²) in [5, 5.41) is 2.82. The lowest BCUT2D eigenvalue weighted by Gasteiger charge is -2.24. The molecular weight excluding hydrogens is 356 g/mol. The van der Waals surface area contributed by atoms with E-state index in [1.165, 1.54) is 4.90 Å². The summed E-state index contributed by atoms with van der Waals surface area (Å²) in [7, 11) is 0. The summed E-state index contributed by atoms with van der Waals surface area (Å²) < 4.78 is 0.872. The van der Waals surface area contributed by atoms with Gasteiger partial charge in [-0.2, -0.15) is 0 Å². The van der Waals surface area contributed by atoms with Crippen LogP contribution in [0, 0.1) is 0 Å². The number of halogens is 1. The molecule has 0 spiro atoms.